The molecule has 0 saturated heterocycles. The van der Waals surface area contributed by atoms with Gasteiger partial charge in [0, 0.05) is 12.0 Å². The number of hydrogen-bond acceptors (Lipinski definition) is 5. The van der Waals surface area contributed by atoms with Gasteiger partial charge in [0.2, 0.25) is 0 Å². The van der Waals surface area contributed by atoms with Crippen molar-refractivity contribution >= 4 is 11.9 Å². The summed E-state index contributed by atoms with van der Waals surface area (Å²) in [5.74, 6) is -0.0544. The molecule has 0 fully saturated rings. The molecule has 0 unspecified atom stereocenters. The fourth-order valence-electron chi connectivity index (χ4n) is 2.39. The van der Waals surface area contributed by atoms with Gasteiger partial charge in [0.15, 0.2) is 6.61 Å². The molecule has 2 rings (SSSR count). The molecule has 25 heavy (non-hydrogen) atoms. The second-order valence-electron chi connectivity index (χ2n) is 5.37. The maximum atomic E-state index is 11.5. The Kier molecular flexibility index (Phi) is 7.01. The van der Waals surface area contributed by atoms with E-state index in [9.17, 15) is 9.59 Å². The van der Waals surface area contributed by atoms with Crippen molar-refractivity contribution in [1.29, 1.82) is 0 Å². The van der Waals surface area contributed by atoms with Crippen molar-refractivity contribution in [1.82, 2.24) is 0 Å². The van der Waals surface area contributed by atoms with Gasteiger partial charge in [-0.15, -0.1) is 0 Å². The zero-order chi connectivity index (χ0) is 18.1. The van der Waals surface area contributed by atoms with Crippen LogP contribution in [0.4, 0.5) is 0 Å². The van der Waals surface area contributed by atoms with E-state index < -0.39 is 5.97 Å². The minimum atomic E-state index is -0.406. The summed E-state index contributed by atoms with van der Waals surface area (Å²) in [5.41, 5.74) is 2.83. The molecule has 5 heteroatoms. The van der Waals surface area contributed by atoms with E-state index >= 15 is 0 Å². The normalized spacial score (nSPS) is 10.2. The number of methoxy groups -OCH3 is 1. The summed E-state index contributed by atoms with van der Waals surface area (Å²) in [4.78, 5) is 22.9. The van der Waals surface area contributed by atoms with Crippen LogP contribution in [0.15, 0.2) is 48.5 Å². The van der Waals surface area contributed by atoms with Crippen molar-refractivity contribution in [2.24, 2.45) is 0 Å². The highest BCUT2D eigenvalue weighted by atomic mass is 16.6. The topological polar surface area (TPSA) is 61.8 Å². The number of carbonyl (C=O) groups is 2. The lowest BCUT2D eigenvalue weighted by atomic mass is 10.00. The summed E-state index contributed by atoms with van der Waals surface area (Å²) in [7, 11) is 1.38. The Morgan fingerprint density at radius 3 is 2.44 bits per heavy atom. The Labute approximate surface area is 147 Å². The molecule has 0 amide bonds. The quantitative estimate of drug-likeness (QED) is 0.688. The van der Waals surface area contributed by atoms with Gasteiger partial charge >= 0.3 is 11.9 Å². The van der Waals surface area contributed by atoms with Crippen molar-refractivity contribution < 1.29 is 23.8 Å². The molecular weight excluding hydrogens is 320 g/mol. The first-order valence-corrected chi connectivity index (χ1v) is 8.17. The molecule has 0 radical (unpaired) electrons. The van der Waals surface area contributed by atoms with Crippen LogP contribution < -0.4 is 4.74 Å². The maximum absolute atomic E-state index is 11.5. The van der Waals surface area contributed by atoms with Crippen LogP contribution in [0.25, 0.3) is 11.1 Å². The van der Waals surface area contributed by atoms with E-state index in [4.69, 9.17) is 9.47 Å². The summed E-state index contributed by atoms with van der Waals surface area (Å²) in [6.07, 6.45) is 0.887. The summed E-state index contributed by atoms with van der Waals surface area (Å²) in [5, 5.41) is 0. The zero-order valence-corrected chi connectivity index (χ0v) is 14.5. The number of benzene rings is 2. The van der Waals surface area contributed by atoms with Crippen molar-refractivity contribution in [2.75, 3.05) is 20.3 Å². The Hall–Kier alpha value is -2.82. The van der Waals surface area contributed by atoms with Crippen molar-refractivity contribution in [3.63, 3.8) is 0 Å². The first-order valence-electron chi connectivity index (χ1n) is 8.17. The third-order valence-electron chi connectivity index (χ3n) is 3.63. The molecule has 0 aromatic heterocycles. The molecule has 0 aliphatic rings. The average Bonchev–Trinajstić information content (AvgIpc) is 2.65. The number of ether oxygens (including phenoxy) is 3. The second-order valence-corrected chi connectivity index (χ2v) is 5.37. The molecule has 0 aliphatic heterocycles. The molecule has 2 aromatic rings. The van der Waals surface area contributed by atoms with Gasteiger partial charge in [-0.2, -0.15) is 0 Å². The van der Waals surface area contributed by atoms with Crippen molar-refractivity contribution in [2.45, 2.75) is 19.8 Å². The Morgan fingerprint density at radius 2 is 1.76 bits per heavy atom. The highest BCUT2D eigenvalue weighted by Crippen LogP contribution is 2.31. The van der Waals surface area contributed by atoms with E-state index in [-0.39, 0.29) is 12.6 Å². The van der Waals surface area contributed by atoms with Gasteiger partial charge in [-0.1, -0.05) is 36.4 Å². The molecule has 0 N–H and O–H groups in total. The molecule has 0 bridgehead atoms. The maximum Gasteiger partial charge on any atom is 0.344 e. The average molecular weight is 342 g/mol. The summed E-state index contributed by atoms with van der Waals surface area (Å²) in [6.45, 7) is 1.93. The Morgan fingerprint density at radius 1 is 1.00 bits per heavy atom. The number of aryl methyl sites for hydroxylation is 1. The fourth-order valence-corrected chi connectivity index (χ4v) is 2.39. The van der Waals surface area contributed by atoms with Gasteiger partial charge in [-0.3, -0.25) is 4.79 Å². The summed E-state index contributed by atoms with van der Waals surface area (Å²) >= 11 is 0. The first-order chi connectivity index (χ1) is 12.1. The molecule has 2 aromatic carbocycles. The van der Waals surface area contributed by atoms with Gasteiger partial charge in [-0.05, 0) is 36.6 Å². The predicted molar refractivity (Wildman–Crippen MR) is 94.3 cm³/mol. The standard InChI is InChI=1S/C20H22O5/c1-3-24-20(22)14-25-18-11-9-15(10-12-19(21)23-2)13-17(18)16-7-5-4-6-8-16/h4-9,11,13H,3,10,12,14H2,1-2H3. The van der Waals surface area contributed by atoms with Crippen LogP contribution in [0.5, 0.6) is 5.75 Å². The van der Waals surface area contributed by atoms with E-state index in [1.165, 1.54) is 7.11 Å². The number of esters is 2. The number of hydrogen-bond donors (Lipinski definition) is 0. The lowest BCUT2D eigenvalue weighted by molar-refractivity contribution is -0.145. The first kappa shape index (κ1) is 18.5. The van der Waals surface area contributed by atoms with Crippen LogP contribution in [-0.2, 0) is 25.5 Å². The number of rotatable bonds is 8. The molecule has 0 aliphatic carbocycles. The van der Waals surface area contributed by atoms with Crippen LogP contribution in [0.2, 0.25) is 0 Å². The van der Waals surface area contributed by atoms with Crippen LogP contribution in [0.1, 0.15) is 18.9 Å². The van der Waals surface area contributed by atoms with E-state index in [0.717, 1.165) is 16.7 Å². The molecule has 0 atom stereocenters. The lowest BCUT2D eigenvalue weighted by Crippen LogP contribution is -2.15. The third kappa shape index (κ3) is 5.64. The predicted octanol–water partition coefficient (Wildman–Crippen LogP) is 3.40. The van der Waals surface area contributed by atoms with Crippen LogP contribution in [-0.4, -0.2) is 32.3 Å². The lowest BCUT2D eigenvalue weighted by Gasteiger charge is -2.13. The minimum Gasteiger partial charge on any atom is -0.481 e. The molecule has 132 valence electrons. The number of carbonyl (C=O) groups excluding carboxylic acids is 2. The summed E-state index contributed by atoms with van der Waals surface area (Å²) < 4.78 is 15.2. The fraction of sp³-hybridized carbons (Fsp3) is 0.300. The monoisotopic (exact) mass is 342 g/mol. The minimum absolute atomic E-state index is 0.144. The Bertz CT molecular complexity index is 709. The molecule has 0 spiro atoms. The van der Waals surface area contributed by atoms with Crippen LogP contribution in [0, 0.1) is 0 Å². The highest BCUT2D eigenvalue weighted by molar-refractivity contribution is 5.74. The molecular formula is C20H22O5. The van der Waals surface area contributed by atoms with E-state index in [0.29, 0.717) is 25.2 Å². The van der Waals surface area contributed by atoms with Gasteiger partial charge < -0.3 is 14.2 Å². The van der Waals surface area contributed by atoms with Crippen molar-refractivity contribution in [3.05, 3.63) is 54.1 Å². The molecule has 0 saturated carbocycles. The second kappa shape index (κ2) is 9.47. The van der Waals surface area contributed by atoms with E-state index in [1.54, 1.807) is 6.92 Å². The van der Waals surface area contributed by atoms with E-state index in [1.807, 2.05) is 48.5 Å². The molecule has 5 nitrogen and oxygen atoms in total. The van der Waals surface area contributed by atoms with Crippen LogP contribution in [0.3, 0.4) is 0 Å². The van der Waals surface area contributed by atoms with Gasteiger partial charge in [0.1, 0.15) is 5.75 Å². The largest absolute Gasteiger partial charge is 0.481 e. The van der Waals surface area contributed by atoms with Crippen LogP contribution >= 0.6 is 0 Å². The van der Waals surface area contributed by atoms with E-state index in [2.05, 4.69) is 4.74 Å². The smallest absolute Gasteiger partial charge is 0.344 e. The summed E-state index contributed by atoms with van der Waals surface area (Å²) in [6, 6.07) is 15.4. The SMILES string of the molecule is CCOC(=O)COc1ccc(CCC(=O)OC)cc1-c1ccccc1. The highest BCUT2D eigenvalue weighted by Gasteiger charge is 2.11. The molecule has 0 heterocycles. The van der Waals surface area contributed by atoms with Gasteiger partial charge in [0.05, 0.1) is 13.7 Å². The van der Waals surface area contributed by atoms with Gasteiger partial charge in [0.25, 0.3) is 0 Å². The third-order valence-corrected chi connectivity index (χ3v) is 3.63. The Balaban J connectivity index is 2.22. The van der Waals surface area contributed by atoms with Gasteiger partial charge in [-0.25, -0.2) is 4.79 Å². The van der Waals surface area contributed by atoms with Crippen molar-refractivity contribution in [3.8, 4) is 16.9 Å². The zero-order valence-electron chi connectivity index (χ0n) is 14.5.